The average molecular weight is 271 g/mol. The Morgan fingerprint density at radius 2 is 2.10 bits per heavy atom. The van der Waals surface area contributed by atoms with Crippen molar-refractivity contribution in [3.8, 4) is 17.0 Å². The van der Waals surface area contributed by atoms with Gasteiger partial charge in [0.05, 0.1) is 12.8 Å². The highest BCUT2D eigenvalue weighted by molar-refractivity contribution is 5.63. The summed E-state index contributed by atoms with van der Waals surface area (Å²) in [6.07, 6.45) is 3.78. The van der Waals surface area contributed by atoms with Gasteiger partial charge in [-0.1, -0.05) is 6.07 Å². The van der Waals surface area contributed by atoms with Gasteiger partial charge in [-0.15, -0.1) is 0 Å². The van der Waals surface area contributed by atoms with E-state index in [1.165, 1.54) is 13.2 Å². The zero-order valence-electron chi connectivity index (χ0n) is 11.0. The fourth-order valence-corrected chi connectivity index (χ4v) is 2.12. The predicted molar refractivity (Wildman–Crippen MR) is 75.0 cm³/mol. The highest BCUT2D eigenvalue weighted by atomic mass is 19.1. The number of fused-ring (bicyclic) bond motifs is 1. The van der Waals surface area contributed by atoms with Crippen LogP contribution < -0.4 is 10.5 Å². The normalized spacial score (nSPS) is 10.9. The molecule has 0 saturated heterocycles. The Balaban J connectivity index is 2.07. The van der Waals surface area contributed by atoms with Crippen molar-refractivity contribution in [3.63, 3.8) is 0 Å². The van der Waals surface area contributed by atoms with E-state index >= 15 is 0 Å². The van der Waals surface area contributed by atoms with Gasteiger partial charge in [-0.2, -0.15) is 0 Å². The van der Waals surface area contributed by atoms with Gasteiger partial charge in [0.25, 0.3) is 0 Å². The van der Waals surface area contributed by atoms with Gasteiger partial charge in [-0.3, -0.25) is 0 Å². The van der Waals surface area contributed by atoms with Gasteiger partial charge in [0.1, 0.15) is 5.65 Å². The standard InChI is InChI=1S/C15H14FN3O/c1-20-14-4-3-11(6-12(14)16)13-9-19-8-10(7-17)2-5-15(19)18-13/h2-6,8-9H,7,17H2,1H3. The van der Waals surface area contributed by atoms with E-state index in [0.29, 0.717) is 17.8 Å². The van der Waals surface area contributed by atoms with Crippen LogP contribution in [0, 0.1) is 5.82 Å². The molecule has 0 atom stereocenters. The smallest absolute Gasteiger partial charge is 0.165 e. The Kier molecular flexibility index (Phi) is 3.12. The molecule has 2 aromatic heterocycles. The summed E-state index contributed by atoms with van der Waals surface area (Å²) >= 11 is 0. The minimum absolute atomic E-state index is 0.225. The predicted octanol–water partition coefficient (Wildman–Crippen LogP) is 2.61. The van der Waals surface area contributed by atoms with E-state index in [0.717, 1.165) is 11.2 Å². The molecule has 3 rings (SSSR count). The van der Waals surface area contributed by atoms with Gasteiger partial charge in [-0.05, 0) is 29.8 Å². The van der Waals surface area contributed by atoms with Crippen LogP contribution in [0.1, 0.15) is 5.56 Å². The molecule has 5 heteroatoms. The number of benzene rings is 1. The molecule has 0 spiro atoms. The Bertz CT molecular complexity index is 767. The second-order valence-electron chi connectivity index (χ2n) is 4.48. The monoisotopic (exact) mass is 271 g/mol. The van der Waals surface area contributed by atoms with Crippen molar-refractivity contribution in [2.24, 2.45) is 5.73 Å². The highest BCUT2D eigenvalue weighted by Crippen LogP contribution is 2.25. The molecule has 2 heterocycles. The number of hydrogen-bond donors (Lipinski definition) is 1. The molecule has 102 valence electrons. The van der Waals surface area contributed by atoms with Crippen LogP contribution in [-0.4, -0.2) is 16.5 Å². The first-order chi connectivity index (χ1) is 9.71. The first-order valence-electron chi connectivity index (χ1n) is 6.23. The fraction of sp³-hybridized carbons (Fsp3) is 0.133. The van der Waals surface area contributed by atoms with Crippen molar-refractivity contribution >= 4 is 5.65 Å². The summed E-state index contributed by atoms with van der Waals surface area (Å²) in [5.74, 6) is -0.173. The van der Waals surface area contributed by atoms with Crippen LogP contribution in [0.4, 0.5) is 4.39 Å². The molecule has 1 aromatic carbocycles. The zero-order valence-corrected chi connectivity index (χ0v) is 11.0. The van der Waals surface area contributed by atoms with E-state index in [9.17, 15) is 4.39 Å². The molecule has 3 aromatic rings. The van der Waals surface area contributed by atoms with Crippen LogP contribution in [0.2, 0.25) is 0 Å². The van der Waals surface area contributed by atoms with Crippen LogP contribution in [0.3, 0.4) is 0 Å². The summed E-state index contributed by atoms with van der Waals surface area (Å²) in [6.45, 7) is 0.473. The molecular formula is C15H14FN3O. The van der Waals surface area contributed by atoms with Gasteiger partial charge >= 0.3 is 0 Å². The minimum Gasteiger partial charge on any atom is -0.494 e. The number of nitrogens with zero attached hydrogens (tertiary/aromatic N) is 2. The van der Waals surface area contributed by atoms with Crippen molar-refractivity contribution in [2.75, 3.05) is 7.11 Å². The highest BCUT2D eigenvalue weighted by Gasteiger charge is 2.08. The van der Waals surface area contributed by atoms with Crippen molar-refractivity contribution in [1.29, 1.82) is 0 Å². The molecule has 0 aliphatic heterocycles. The summed E-state index contributed by atoms with van der Waals surface area (Å²) in [5, 5.41) is 0. The molecule has 0 fully saturated rings. The summed E-state index contributed by atoms with van der Waals surface area (Å²) in [4.78, 5) is 4.47. The quantitative estimate of drug-likeness (QED) is 0.796. The number of halogens is 1. The third-order valence-corrected chi connectivity index (χ3v) is 3.20. The molecule has 4 nitrogen and oxygen atoms in total. The van der Waals surface area contributed by atoms with Crippen molar-refractivity contribution in [3.05, 3.63) is 54.1 Å². The van der Waals surface area contributed by atoms with Gasteiger partial charge in [0, 0.05) is 24.5 Å². The number of imidazole rings is 1. The van der Waals surface area contributed by atoms with Crippen molar-refractivity contribution in [1.82, 2.24) is 9.38 Å². The lowest BCUT2D eigenvalue weighted by Crippen LogP contribution is -1.97. The Morgan fingerprint density at radius 1 is 1.25 bits per heavy atom. The van der Waals surface area contributed by atoms with Gasteiger partial charge in [-0.25, -0.2) is 9.37 Å². The average Bonchev–Trinajstić information content (AvgIpc) is 2.89. The molecule has 0 bridgehead atoms. The lowest BCUT2D eigenvalue weighted by atomic mass is 10.1. The van der Waals surface area contributed by atoms with E-state index in [1.807, 2.05) is 28.9 Å². The van der Waals surface area contributed by atoms with E-state index in [1.54, 1.807) is 12.1 Å². The Hall–Kier alpha value is -2.40. The van der Waals surface area contributed by atoms with Crippen LogP contribution in [-0.2, 0) is 6.54 Å². The molecule has 0 unspecified atom stereocenters. The number of nitrogens with two attached hydrogens (primary N) is 1. The van der Waals surface area contributed by atoms with Crippen molar-refractivity contribution in [2.45, 2.75) is 6.54 Å². The van der Waals surface area contributed by atoms with Crippen LogP contribution in [0.25, 0.3) is 16.9 Å². The number of ether oxygens (including phenoxy) is 1. The number of rotatable bonds is 3. The maximum absolute atomic E-state index is 13.7. The van der Waals surface area contributed by atoms with E-state index in [2.05, 4.69) is 4.98 Å². The third-order valence-electron chi connectivity index (χ3n) is 3.20. The van der Waals surface area contributed by atoms with E-state index in [-0.39, 0.29) is 5.75 Å². The number of pyridine rings is 1. The van der Waals surface area contributed by atoms with Crippen LogP contribution >= 0.6 is 0 Å². The van der Waals surface area contributed by atoms with Gasteiger partial charge < -0.3 is 14.9 Å². The van der Waals surface area contributed by atoms with E-state index < -0.39 is 5.82 Å². The number of aromatic nitrogens is 2. The summed E-state index contributed by atoms with van der Waals surface area (Å²) in [7, 11) is 1.44. The zero-order chi connectivity index (χ0) is 14.1. The molecule has 0 amide bonds. The molecular weight excluding hydrogens is 257 g/mol. The Labute approximate surface area is 115 Å². The first-order valence-corrected chi connectivity index (χ1v) is 6.23. The molecule has 20 heavy (non-hydrogen) atoms. The van der Waals surface area contributed by atoms with Gasteiger partial charge in [0.15, 0.2) is 11.6 Å². The number of hydrogen-bond acceptors (Lipinski definition) is 3. The van der Waals surface area contributed by atoms with Gasteiger partial charge in [0.2, 0.25) is 0 Å². The topological polar surface area (TPSA) is 52.5 Å². The fourth-order valence-electron chi connectivity index (χ4n) is 2.12. The number of methoxy groups -OCH3 is 1. The molecule has 2 N–H and O–H groups in total. The second kappa shape index (κ2) is 4.94. The maximum Gasteiger partial charge on any atom is 0.165 e. The summed E-state index contributed by atoms with van der Waals surface area (Å²) in [6, 6.07) is 8.63. The van der Waals surface area contributed by atoms with Crippen LogP contribution in [0.15, 0.2) is 42.7 Å². The third kappa shape index (κ3) is 2.12. The molecule has 0 aliphatic rings. The lowest BCUT2D eigenvalue weighted by molar-refractivity contribution is 0.386. The largest absolute Gasteiger partial charge is 0.494 e. The maximum atomic E-state index is 13.7. The van der Waals surface area contributed by atoms with Crippen molar-refractivity contribution < 1.29 is 9.13 Å². The summed E-state index contributed by atoms with van der Waals surface area (Å²) < 4.78 is 20.5. The second-order valence-corrected chi connectivity index (χ2v) is 4.48. The van der Waals surface area contributed by atoms with E-state index in [4.69, 9.17) is 10.5 Å². The first kappa shape index (κ1) is 12.6. The Morgan fingerprint density at radius 3 is 2.80 bits per heavy atom. The molecule has 0 radical (unpaired) electrons. The minimum atomic E-state index is -0.398. The SMILES string of the molecule is COc1ccc(-c2cn3cc(CN)ccc3n2)cc1F. The molecule has 0 saturated carbocycles. The lowest BCUT2D eigenvalue weighted by Gasteiger charge is -2.02. The summed E-state index contributed by atoms with van der Waals surface area (Å²) in [5.41, 5.74) is 8.85. The van der Waals surface area contributed by atoms with Crippen LogP contribution in [0.5, 0.6) is 5.75 Å². The molecule has 0 aliphatic carbocycles.